The molecule has 2 nitrogen and oxygen atoms in total. The van der Waals surface area contributed by atoms with Gasteiger partial charge in [0.2, 0.25) is 0 Å². The van der Waals surface area contributed by atoms with Crippen LogP contribution in [0.1, 0.15) is 4.88 Å². The van der Waals surface area contributed by atoms with E-state index in [1.54, 1.807) is 11.3 Å². The maximum atomic E-state index is 5.75. The molecule has 3 aromatic rings. The molecule has 0 saturated heterocycles. The summed E-state index contributed by atoms with van der Waals surface area (Å²) < 4.78 is 5.75. The molecule has 3 rings (SSSR count). The number of aromatic nitrogens is 1. The van der Waals surface area contributed by atoms with E-state index in [2.05, 4.69) is 40.7 Å². The van der Waals surface area contributed by atoms with Crippen molar-refractivity contribution in [1.82, 2.24) is 4.98 Å². The largest absolute Gasteiger partial charge is 0.493 e. The van der Waals surface area contributed by atoms with Gasteiger partial charge in [0.1, 0.15) is 5.75 Å². The maximum absolute atomic E-state index is 5.75. The molecule has 0 unspecified atom stereocenters. The smallest absolute Gasteiger partial charge is 0.120 e. The lowest BCUT2D eigenvalue weighted by Gasteiger charge is -2.05. The van der Waals surface area contributed by atoms with Gasteiger partial charge in [0.05, 0.1) is 6.61 Å². The molecule has 0 saturated carbocycles. The summed E-state index contributed by atoms with van der Waals surface area (Å²) >= 11 is 1.78. The standard InChI is InChI=1S/C14H13NOS/c1-2-13(17-9-1)6-8-16-12-3-4-14-11(10-12)5-7-15-14/h1-5,7,9-10,15H,6,8H2. The molecule has 0 aliphatic carbocycles. The molecular weight excluding hydrogens is 230 g/mol. The molecule has 0 fully saturated rings. The van der Waals surface area contributed by atoms with Crippen molar-refractivity contribution < 1.29 is 4.74 Å². The normalized spacial score (nSPS) is 10.8. The predicted octanol–water partition coefficient (Wildman–Crippen LogP) is 3.85. The lowest BCUT2D eigenvalue weighted by atomic mass is 10.2. The average Bonchev–Trinajstić information content (AvgIpc) is 2.98. The summed E-state index contributed by atoms with van der Waals surface area (Å²) in [4.78, 5) is 4.54. The third-order valence-electron chi connectivity index (χ3n) is 2.72. The highest BCUT2D eigenvalue weighted by molar-refractivity contribution is 7.09. The van der Waals surface area contributed by atoms with E-state index in [1.165, 1.54) is 10.3 Å². The second kappa shape index (κ2) is 4.63. The van der Waals surface area contributed by atoms with Gasteiger partial charge in [0.15, 0.2) is 0 Å². The van der Waals surface area contributed by atoms with E-state index < -0.39 is 0 Å². The number of H-pyrrole nitrogens is 1. The molecule has 86 valence electrons. The van der Waals surface area contributed by atoms with Crippen LogP contribution in [-0.2, 0) is 6.42 Å². The Labute approximate surface area is 104 Å². The number of rotatable bonds is 4. The minimum atomic E-state index is 0.733. The lowest BCUT2D eigenvalue weighted by Crippen LogP contribution is -1.99. The molecule has 1 aromatic carbocycles. The molecule has 1 N–H and O–H groups in total. The van der Waals surface area contributed by atoms with E-state index in [0.29, 0.717) is 0 Å². The van der Waals surface area contributed by atoms with Crippen LogP contribution in [0.4, 0.5) is 0 Å². The monoisotopic (exact) mass is 243 g/mol. The Balaban J connectivity index is 1.64. The average molecular weight is 243 g/mol. The van der Waals surface area contributed by atoms with Crippen LogP contribution in [-0.4, -0.2) is 11.6 Å². The van der Waals surface area contributed by atoms with Crippen molar-refractivity contribution in [3.05, 3.63) is 52.9 Å². The van der Waals surface area contributed by atoms with Crippen molar-refractivity contribution in [2.75, 3.05) is 6.61 Å². The first-order valence-corrected chi connectivity index (χ1v) is 6.52. The van der Waals surface area contributed by atoms with Crippen molar-refractivity contribution in [2.24, 2.45) is 0 Å². The molecule has 0 radical (unpaired) electrons. The van der Waals surface area contributed by atoms with Crippen LogP contribution < -0.4 is 4.74 Å². The summed E-state index contributed by atoms with van der Waals surface area (Å²) in [5.74, 6) is 0.939. The second-order valence-corrected chi connectivity index (χ2v) is 4.94. The summed E-state index contributed by atoms with van der Waals surface area (Å²) in [5.41, 5.74) is 1.15. The molecule has 0 aliphatic heterocycles. The number of ether oxygens (including phenoxy) is 1. The number of benzene rings is 1. The first kappa shape index (κ1) is 10.4. The minimum absolute atomic E-state index is 0.733. The van der Waals surface area contributed by atoms with Crippen molar-refractivity contribution in [3.8, 4) is 5.75 Å². The van der Waals surface area contributed by atoms with E-state index in [9.17, 15) is 0 Å². The molecule has 0 amide bonds. The Morgan fingerprint density at radius 1 is 1.18 bits per heavy atom. The zero-order valence-electron chi connectivity index (χ0n) is 9.35. The molecule has 3 heteroatoms. The number of thiophene rings is 1. The highest BCUT2D eigenvalue weighted by Crippen LogP contribution is 2.20. The number of nitrogens with one attached hydrogen (secondary N) is 1. The fourth-order valence-corrected chi connectivity index (χ4v) is 2.54. The Hall–Kier alpha value is -1.74. The van der Waals surface area contributed by atoms with Crippen LogP contribution in [0, 0.1) is 0 Å². The van der Waals surface area contributed by atoms with Crippen LogP contribution in [0.3, 0.4) is 0 Å². The minimum Gasteiger partial charge on any atom is -0.493 e. The first-order chi connectivity index (χ1) is 8.42. The lowest BCUT2D eigenvalue weighted by molar-refractivity contribution is 0.323. The Morgan fingerprint density at radius 2 is 2.18 bits per heavy atom. The molecule has 17 heavy (non-hydrogen) atoms. The van der Waals surface area contributed by atoms with Crippen LogP contribution in [0.25, 0.3) is 10.9 Å². The van der Waals surface area contributed by atoms with Gasteiger partial charge < -0.3 is 9.72 Å². The van der Waals surface area contributed by atoms with E-state index in [-0.39, 0.29) is 0 Å². The summed E-state index contributed by atoms with van der Waals surface area (Å²) in [6.45, 7) is 0.733. The summed E-state index contributed by atoms with van der Waals surface area (Å²) in [7, 11) is 0. The Bertz CT molecular complexity index is 598. The molecule has 0 aliphatic rings. The summed E-state index contributed by atoms with van der Waals surface area (Å²) in [6, 6.07) is 12.4. The van der Waals surface area contributed by atoms with Gasteiger partial charge in [-0.2, -0.15) is 0 Å². The number of fused-ring (bicyclic) bond motifs is 1. The second-order valence-electron chi connectivity index (χ2n) is 3.90. The van der Waals surface area contributed by atoms with Gasteiger partial charge in [-0.1, -0.05) is 6.07 Å². The molecular formula is C14H13NOS. The third kappa shape index (κ3) is 2.34. The first-order valence-electron chi connectivity index (χ1n) is 5.64. The van der Waals surface area contributed by atoms with Crippen LogP contribution in [0.5, 0.6) is 5.75 Å². The third-order valence-corrected chi connectivity index (χ3v) is 3.66. The topological polar surface area (TPSA) is 25.0 Å². The van der Waals surface area contributed by atoms with Gasteiger partial charge in [-0.3, -0.25) is 0 Å². The number of hydrogen-bond donors (Lipinski definition) is 1. The fraction of sp³-hybridized carbons (Fsp3) is 0.143. The van der Waals surface area contributed by atoms with E-state index >= 15 is 0 Å². The van der Waals surface area contributed by atoms with Crippen molar-refractivity contribution >= 4 is 22.2 Å². The van der Waals surface area contributed by atoms with Crippen molar-refractivity contribution in [3.63, 3.8) is 0 Å². The van der Waals surface area contributed by atoms with Crippen molar-refractivity contribution in [2.45, 2.75) is 6.42 Å². The van der Waals surface area contributed by atoms with Crippen LogP contribution >= 0.6 is 11.3 Å². The van der Waals surface area contributed by atoms with Crippen molar-refractivity contribution in [1.29, 1.82) is 0 Å². The fourth-order valence-electron chi connectivity index (χ4n) is 1.85. The van der Waals surface area contributed by atoms with E-state index in [1.807, 2.05) is 12.3 Å². The van der Waals surface area contributed by atoms with Crippen LogP contribution in [0.15, 0.2) is 48.0 Å². The zero-order valence-corrected chi connectivity index (χ0v) is 10.2. The highest BCUT2D eigenvalue weighted by Gasteiger charge is 1.99. The van der Waals surface area contributed by atoms with Gasteiger partial charge in [-0.15, -0.1) is 11.3 Å². The van der Waals surface area contributed by atoms with E-state index in [0.717, 1.165) is 24.3 Å². The van der Waals surface area contributed by atoms with Gasteiger partial charge in [0.25, 0.3) is 0 Å². The Kier molecular flexibility index (Phi) is 2.84. The molecule has 2 aromatic heterocycles. The Morgan fingerprint density at radius 3 is 3.06 bits per heavy atom. The molecule has 0 spiro atoms. The van der Waals surface area contributed by atoms with Gasteiger partial charge >= 0.3 is 0 Å². The summed E-state index contributed by atoms with van der Waals surface area (Å²) in [6.07, 6.45) is 2.92. The summed E-state index contributed by atoms with van der Waals surface area (Å²) in [5, 5.41) is 3.29. The zero-order chi connectivity index (χ0) is 11.5. The highest BCUT2D eigenvalue weighted by atomic mass is 32.1. The molecule has 0 atom stereocenters. The maximum Gasteiger partial charge on any atom is 0.120 e. The van der Waals surface area contributed by atoms with Gasteiger partial charge in [0, 0.05) is 28.4 Å². The molecule has 0 bridgehead atoms. The molecule has 2 heterocycles. The van der Waals surface area contributed by atoms with Crippen LogP contribution in [0.2, 0.25) is 0 Å². The number of hydrogen-bond acceptors (Lipinski definition) is 2. The quantitative estimate of drug-likeness (QED) is 0.739. The van der Waals surface area contributed by atoms with Gasteiger partial charge in [-0.25, -0.2) is 0 Å². The van der Waals surface area contributed by atoms with Gasteiger partial charge in [-0.05, 0) is 35.7 Å². The predicted molar refractivity (Wildman–Crippen MR) is 71.8 cm³/mol. The number of aromatic amines is 1. The van der Waals surface area contributed by atoms with E-state index in [4.69, 9.17) is 4.74 Å². The SMILES string of the molecule is c1csc(CCOc2ccc3[nH]ccc3c2)c1.